The number of anilines is 1. The molecule has 4 nitrogen and oxygen atoms in total. The number of rotatable bonds is 3. The predicted octanol–water partition coefficient (Wildman–Crippen LogP) is 3.90. The Hall–Kier alpha value is -2.10. The van der Waals surface area contributed by atoms with Crippen LogP contribution < -0.4 is 5.32 Å². The molecular formula is C17H21N3O. The summed E-state index contributed by atoms with van der Waals surface area (Å²) in [4.78, 5) is 9.02. The van der Waals surface area contributed by atoms with Gasteiger partial charge in [0.05, 0.1) is 5.56 Å². The fourth-order valence-corrected chi connectivity index (χ4v) is 2.88. The van der Waals surface area contributed by atoms with Gasteiger partial charge in [0.15, 0.2) is 5.82 Å². The zero-order valence-corrected chi connectivity index (χ0v) is 12.3. The molecule has 0 aliphatic heterocycles. The molecule has 1 aliphatic carbocycles. The van der Waals surface area contributed by atoms with Crippen molar-refractivity contribution in [1.82, 2.24) is 9.97 Å². The van der Waals surface area contributed by atoms with E-state index in [1.807, 2.05) is 25.1 Å². The van der Waals surface area contributed by atoms with Gasteiger partial charge in [-0.25, -0.2) is 9.97 Å². The molecule has 0 unspecified atom stereocenters. The van der Waals surface area contributed by atoms with Gasteiger partial charge >= 0.3 is 0 Å². The first kappa shape index (κ1) is 13.9. The van der Waals surface area contributed by atoms with Gasteiger partial charge in [-0.15, -0.1) is 0 Å². The van der Waals surface area contributed by atoms with Gasteiger partial charge in [-0.1, -0.05) is 31.4 Å². The molecule has 2 N–H and O–H groups in total. The highest BCUT2D eigenvalue weighted by atomic mass is 16.3. The van der Waals surface area contributed by atoms with Crippen molar-refractivity contribution in [3.05, 3.63) is 36.0 Å². The molecule has 1 heterocycles. The molecule has 1 saturated carbocycles. The Morgan fingerprint density at radius 1 is 1.10 bits per heavy atom. The number of phenols is 1. The number of aromatic nitrogens is 2. The Morgan fingerprint density at radius 2 is 1.86 bits per heavy atom. The van der Waals surface area contributed by atoms with E-state index in [4.69, 9.17) is 0 Å². The summed E-state index contributed by atoms with van der Waals surface area (Å²) in [7, 11) is 0. The quantitative estimate of drug-likeness (QED) is 0.897. The summed E-state index contributed by atoms with van der Waals surface area (Å²) in [6, 6.07) is 9.66. The first-order valence-electron chi connectivity index (χ1n) is 7.63. The molecule has 0 saturated heterocycles. The maximum absolute atomic E-state index is 9.97. The van der Waals surface area contributed by atoms with E-state index in [0.29, 0.717) is 17.4 Å². The molecule has 0 bridgehead atoms. The zero-order valence-electron chi connectivity index (χ0n) is 12.3. The van der Waals surface area contributed by atoms with Crippen LogP contribution in [0.25, 0.3) is 11.4 Å². The monoisotopic (exact) mass is 283 g/mol. The fourth-order valence-electron chi connectivity index (χ4n) is 2.88. The molecule has 110 valence electrons. The Labute approximate surface area is 125 Å². The summed E-state index contributed by atoms with van der Waals surface area (Å²) in [5, 5.41) is 13.5. The second-order valence-corrected chi connectivity index (χ2v) is 5.71. The minimum absolute atomic E-state index is 0.215. The number of aryl methyl sites for hydroxylation is 1. The van der Waals surface area contributed by atoms with Crippen LogP contribution in [0.5, 0.6) is 5.75 Å². The summed E-state index contributed by atoms with van der Waals surface area (Å²) in [5.74, 6) is 1.64. The summed E-state index contributed by atoms with van der Waals surface area (Å²) in [5.41, 5.74) is 1.58. The van der Waals surface area contributed by atoms with Gasteiger partial charge in [-0.2, -0.15) is 0 Å². The molecule has 21 heavy (non-hydrogen) atoms. The highest BCUT2D eigenvalue weighted by molar-refractivity contribution is 5.64. The van der Waals surface area contributed by atoms with Crippen LogP contribution >= 0.6 is 0 Å². The second-order valence-electron chi connectivity index (χ2n) is 5.71. The van der Waals surface area contributed by atoms with Crippen molar-refractivity contribution in [2.45, 2.75) is 45.1 Å². The minimum atomic E-state index is 0.215. The SMILES string of the molecule is Cc1cc(NC2CCCCC2)nc(-c2ccccc2O)n1. The van der Waals surface area contributed by atoms with Crippen LogP contribution in [-0.4, -0.2) is 21.1 Å². The molecule has 0 atom stereocenters. The molecule has 2 aromatic rings. The smallest absolute Gasteiger partial charge is 0.165 e. The summed E-state index contributed by atoms with van der Waals surface area (Å²) in [6.45, 7) is 1.96. The summed E-state index contributed by atoms with van der Waals surface area (Å²) >= 11 is 0. The third-order valence-corrected chi connectivity index (χ3v) is 3.96. The number of hydrogen-bond donors (Lipinski definition) is 2. The van der Waals surface area contributed by atoms with E-state index < -0.39 is 0 Å². The molecule has 1 aromatic carbocycles. The van der Waals surface area contributed by atoms with Gasteiger partial charge in [0.1, 0.15) is 11.6 Å². The highest BCUT2D eigenvalue weighted by Crippen LogP contribution is 2.27. The molecule has 1 fully saturated rings. The van der Waals surface area contributed by atoms with Crippen LogP contribution in [0.2, 0.25) is 0 Å². The largest absolute Gasteiger partial charge is 0.507 e. The number of benzene rings is 1. The molecule has 4 heteroatoms. The Kier molecular flexibility index (Phi) is 4.04. The Balaban J connectivity index is 1.87. The molecule has 1 aliphatic rings. The maximum Gasteiger partial charge on any atom is 0.165 e. The number of nitrogens with one attached hydrogen (secondary N) is 1. The molecular weight excluding hydrogens is 262 g/mol. The molecule has 0 amide bonds. The van der Waals surface area contributed by atoms with Crippen LogP contribution in [-0.2, 0) is 0 Å². The van der Waals surface area contributed by atoms with Crippen LogP contribution in [0.3, 0.4) is 0 Å². The average molecular weight is 283 g/mol. The van der Waals surface area contributed by atoms with E-state index in [1.165, 1.54) is 32.1 Å². The summed E-state index contributed by atoms with van der Waals surface area (Å²) in [6.07, 6.45) is 6.32. The van der Waals surface area contributed by atoms with Crippen molar-refractivity contribution in [3.63, 3.8) is 0 Å². The molecule has 1 aromatic heterocycles. The topological polar surface area (TPSA) is 58.0 Å². The predicted molar refractivity (Wildman–Crippen MR) is 84.4 cm³/mol. The zero-order chi connectivity index (χ0) is 14.7. The first-order chi connectivity index (χ1) is 10.2. The van der Waals surface area contributed by atoms with Crippen molar-refractivity contribution in [2.75, 3.05) is 5.32 Å². The van der Waals surface area contributed by atoms with Crippen LogP contribution in [0.15, 0.2) is 30.3 Å². The number of nitrogens with zero attached hydrogens (tertiary/aromatic N) is 2. The number of para-hydroxylation sites is 1. The Bertz CT molecular complexity index is 621. The van der Waals surface area contributed by atoms with Gasteiger partial charge in [0, 0.05) is 17.8 Å². The van der Waals surface area contributed by atoms with Gasteiger partial charge in [0.25, 0.3) is 0 Å². The summed E-state index contributed by atoms with van der Waals surface area (Å²) < 4.78 is 0. The lowest BCUT2D eigenvalue weighted by Crippen LogP contribution is -2.23. The normalized spacial score (nSPS) is 15.9. The van der Waals surface area contributed by atoms with Gasteiger partial charge in [0.2, 0.25) is 0 Å². The minimum Gasteiger partial charge on any atom is -0.507 e. The lowest BCUT2D eigenvalue weighted by atomic mass is 9.95. The van der Waals surface area contributed by atoms with Crippen molar-refractivity contribution in [2.24, 2.45) is 0 Å². The van der Waals surface area contributed by atoms with Crippen molar-refractivity contribution < 1.29 is 5.11 Å². The van der Waals surface area contributed by atoms with Crippen LogP contribution in [0.4, 0.5) is 5.82 Å². The van der Waals surface area contributed by atoms with Crippen molar-refractivity contribution in [3.8, 4) is 17.1 Å². The van der Waals surface area contributed by atoms with Gasteiger partial charge in [-0.3, -0.25) is 0 Å². The third kappa shape index (κ3) is 3.32. The van der Waals surface area contributed by atoms with Gasteiger partial charge < -0.3 is 10.4 Å². The molecule has 0 radical (unpaired) electrons. The Morgan fingerprint density at radius 3 is 2.62 bits per heavy atom. The maximum atomic E-state index is 9.97. The van der Waals surface area contributed by atoms with E-state index in [0.717, 1.165) is 11.5 Å². The number of aromatic hydroxyl groups is 1. The second kappa shape index (κ2) is 6.12. The number of hydrogen-bond acceptors (Lipinski definition) is 4. The third-order valence-electron chi connectivity index (χ3n) is 3.96. The van der Waals surface area contributed by atoms with E-state index in [9.17, 15) is 5.11 Å². The fraction of sp³-hybridized carbons (Fsp3) is 0.412. The van der Waals surface area contributed by atoms with Crippen molar-refractivity contribution >= 4 is 5.82 Å². The molecule has 3 rings (SSSR count). The van der Waals surface area contributed by atoms with Crippen LogP contribution in [0.1, 0.15) is 37.8 Å². The highest BCUT2D eigenvalue weighted by Gasteiger charge is 2.15. The van der Waals surface area contributed by atoms with E-state index in [2.05, 4.69) is 15.3 Å². The molecule has 0 spiro atoms. The lowest BCUT2D eigenvalue weighted by molar-refractivity contribution is 0.462. The van der Waals surface area contributed by atoms with E-state index in [1.54, 1.807) is 12.1 Å². The van der Waals surface area contributed by atoms with Gasteiger partial charge in [-0.05, 0) is 31.9 Å². The van der Waals surface area contributed by atoms with E-state index in [-0.39, 0.29) is 5.75 Å². The number of phenolic OH excluding ortho intramolecular Hbond substituents is 1. The standard InChI is InChI=1S/C17H21N3O/c1-12-11-16(19-13-7-3-2-4-8-13)20-17(18-12)14-9-5-6-10-15(14)21/h5-6,9-11,13,21H,2-4,7-8H2,1H3,(H,18,19,20). The van der Waals surface area contributed by atoms with Crippen LogP contribution in [0, 0.1) is 6.92 Å². The average Bonchev–Trinajstić information content (AvgIpc) is 2.48. The first-order valence-corrected chi connectivity index (χ1v) is 7.63. The lowest BCUT2D eigenvalue weighted by Gasteiger charge is -2.23. The van der Waals surface area contributed by atoms with Crippen molar-refractivity contribution in [1.29, 1.82) is 0 Å². The van der Waals surface area contributed by atoms with E-state index >= 15 is 0 Å².